The summed E-state index contributed by atoms with van der Waals surface area (Å²) in [7, 11) is 1.24. The van der Waals surface area contributed by atoms with Gasteiger partial charge in [-0.1, -0.05) is 11.2 Å². The summed E-state index contributed by atoms with van der Waals surface area (Å²) >= 11 is 0. The SMILES string of the molecule is COC(=O)c1nc(-c2cccc3c2OCO3)no1. The van der Waals surface area contributed by atoms with Gasteiger partial charge in [0.25, 0.3) is 0 Å². The maximum Gasteiger partial charge on any atom is 0.397 e. The average molecular weight is 248 g/mol. The summed E-state index contributed by atoms with van der Waals surface area (Å²) in [5, 5.41) is 3.71. The zero-order valence-electron chi connectivity index (χ0n) is 9.37. The standard InChI is InChI=1S/C11H8N2O5/c1-15-11(14)10-12-9(13-18-10)6-3-2-4-7-8(6)17-5-16-7/h2-4H,5H2,1H3. The second-order valence-corrected chi connectivity index (χ2v) is 3.45. The molecular weight excluding hydrogens is 240 g/mol. The van der Waals surface area contributed by atoms with E-state index in [0.29, 0.717) is 17.1 Å². The quantitative estimate of drug-likeness (QED) is 0.739. The monoisotopic (exact) mass is 248 g/mol. The van der Waals surface area contributed by atoms with Crippen LogP contribution in [0.3, 0.4) is 0 Å². The maximum atomic E-state index is 11.2. The molecular formula is C11H8N2O5. The second kappa shape index (κ2) is 4.02. The fraction of sp³-hybridized carbons (Fsp3) is 0.182. The Morgan fingerprint density at radius 1 is 1.39 bits per heavy atom. The molecule has 0 saturated carbocycles. The van der Waals surface area contributed by atoms with Crippen LogP contribution in [0.15, 0.2) is 22.7 Å². The lowest BCUT2D eigenvalue weighted by Crippen LogP contribution is -2.01. The lowest BCUT2D eigenvalue weighted by atomic mass is 10.2. The first-order valence-corrected chi connectivity index (χ1v) is 5.10. The molecule has 0 unspecified atom stereocenters. The van der Waals surface area contributed by atoms with Crippen LogP contribution in [0, 0.1) is 0 Å². The van der Waals surface area contributed by atoms with Gasteiger partial charge >= 0.3 is 11.9 Å². The summed E-state index contributed by atoms with van der Waals surface area (Å²) in [6.07, 6.45) is 0. The molecule has 7 heteroatoms. The van der Waals surface area contributed by atoms with Gasteiger partial charge in [0.2, 0.25) is 12.6 Å². The minimum absolute atomic E-state index is 0.147. The number of hydrogen-bond acceptors (Lipinski definition) is 7. The minimum Gasteiger partial charge on any atom is -0.462 e. The number of carbonyl (C=O) groups excluding carboxylic acids is 1. The molecule has 2 aromatic rings. The highest BCUT2D eigenvalue weighted by atomic mass is 16.7. The summed E-state index contributed by atoms with van der Waals surface area (Å²) in [5.41, 5.74) is 0.601. The van der Waals surface area contributed by atoms with Crippen molar-refractivity contribution in [2.75, 3.05) is 13.9 Å². The predicted molar refractivity (Wildman–Crippen MR) is 57.2 cm³/mol. The average Bonchev–Trinajstić information content (AvgIpc) is 3.05. The fourth-order valence-electron chi connectivity index (χ4n) is 1.61. The smallest absolute Gasteiger partial charge is 0.397 e. The summed E-state index contributed by atoms with van der Waals surface area (Å²) < 4.78 is 19.8. The summed E-state index contributed by atoms with van der Waals surface area (Å²) in [6, 6.07) is 5.30. The third kappa shape index (κ3) is 1.56. The van der Waals surface area contributed by atoms with Crippen LogP contribution < -0.4 is 9.47 Å². The Morgan fingerprint density at radius 3 is 3.11 bits per heavy atom. The van der Waals surface area contributed by atoms with Crippen molar-refractivity contribution in [3.63, 3.8) is 0 Å². The van der Waals surface area contributed by atoms with Crippen LogP contribution in [0.2, 0.25) is 0 Å². The largest absolute Gasteiger partial charge is 0.462 e. The highest BCUT2D eigenvalue weighted by Crippen LogP contribution is 2.39. The van der Waals surface area contributed by atoms with Crippen LogP contribution in [0.25, 0.3) is 11.4 Å². The topological polar surface area (TPSA) is 83.7 Å². The molecule has 0 aliphatic carbocycles. The zero-order valence-corrected chi connectivity index (χ0v) is 9.37. The van der Waals surface area contributed by atoms with Crippen molar-refractivity contribution in [1.29, 1.82) is 0 Å². The van der Waals surface area contributed by atoms with Gasteiger partial charge in [-0.25, -0.2) is 4.79 Å². The molecule has 0 saturated heterocycles. The number of esters is 1. The van der Waals surface area contributed by atoms with E-state index in [1.165, 1.54) is 7.11 Å². The molecule has 1 aromatic carbocycles. The van der Waals surface area contributed by atoms with E-state index in [9.17, 15) is 4.79 Å². The Hall–Kier alpha value is -2.57. The van der Waals surface area contributed by atoms with Crippen LogP contribution in [-0.4, -0.2) is 30.0 Å². The normalized spacial score (nSPS) is 12.5. The van der Waals surface area contributed by atoms with Crippen LogP contribution in [0.1, 0.15) is 10.7 Å². The molecule has 0 radical (unpaired) electrons. The number of fused-ring (bicyclic) bond motifs is 1. The number of benzene rings is 1. The number of rotatable bonds is 2. The second-order valence-electron chi connectivity index (χ2n) is 3.45. The van der Waals surface area contributed by atoms with Gasteiger partial charge in [0.1, 0.15) is 0 Å². The van der Waals surface area contributed by atoms with Crippen molar-refractivity contribution < 1.29 is 23.5 Å². The van der Waals surface area contributed by atoms with Crippen molar-refractivity contribution >= 4 is 5.97 Å². The number of hydrogen-bond donors (Lipinski definition) is 0. The van der Waals surface area contributed by atoms with Gasteiger partial charge in [-0.05, 0) is 12.1 Å². The first-order chi connectivity index (χ1) is 8.79. The fourth-order valence-corrected chi connectivity index (χ4v) is 1.61. The molecule has 0 spiro atoms. The van der Waals surface area contributed by atoms with Gasteiger partial charge in [0.15, 0.2) is 11.5 Å². The van der Waals surface area contributed by atoms with Crippen molar-refractivity contribution in [2.45, 2.75) is 0 Å². The Balaban J connectivity index is 2.03. The lowest BCUT2D eigenvalue weighted by Gasteiger charge is -1.99. The van der Waals surface area contributed by atoms with E-state index in [1.54, 1.807) is 18.2 Å². The van der Waals surface area contributed by atoms with Crippen molar-refractivity contribution in [3.8, 4) is 22.9 Å². The number of carbonyl (C=O) groups is 1. The maximum absolute atomic E-state index is 11.2. The molecule has 1 aliphatic heterocycles. The molecule has 0 atom stereocenters. The molecule has 0 amide bonds. The van der Waals surface area contributed by atoms with E-state index in [1.807, 2.05) is 0 Å². The van der Waals surface area contributed by atoms with E-state index in [-0.39, 0.29) is 18.5 Å². The third-order valence-corrected chi connectivity index (χ3v) is 2.42. The molecule has 0 bridgehead atoms. The van der Waals surface area contributed by atoms with Gasteiger partial charge in [-0.2, -0.15) is 4.98 Å². The van der Waals surface area contributed by atoms with Gasteiger partial charge in [-0.15, -0.1) is 0 Å². The number of nitrogens with zero attached hydrogens (tertiary/aromatic N) is 2. The van der Waals surface area contributed by atoms with E-state index in [2.05, 4.69) is 14.9 Å². The number of para-hydroxylation sites is 1. The Kier molecular flexibility index (Phi) is 2.36. The van der Waals surface area contributed by atoms with Crippen molar-refractivity contribution in [1.82, 2.24) is 10.1 Å². The van der Waals surface area contributed by atoms with Crippen LogP contribution >= 0.6 is 0 Å². The first kappa shape index (κ1) is 10.6. The van der Waals surface area contributed by atoms with Gasteiger partial charge in [0, 0.05) is 0 Å². The molecule has 0 fully saturated rings. The van der Waals surface area contributed by atoms with Crippen molar-refractivity contribution in [2.24, 2.45) is 0 Å². The van der Waals surface area contributed by atoms with Crippen LogP contribution in [0.5, 0.6) is 11.5 Å². The van der Waals surface area contributed by atoms with Gasteiger partial charge < -0.3 is 18.7 Å². The van der Waals surface area contributed by atoms with E-state index in [4.69, 9.17) is 14.0 Å². The molecule has 7 nitrogen and oxygen atoms in total. The van der Waals surface area contributed by atoms with Crippen LogP contribution in [-0.2, 0) is 4.74 Å². The molecule has 3 rings (SSSR count). The van der Waals surface area contributed by atoms with E-state index >= 15 is 0 Å². The number of aromatic nitrogens is 2. The highest BCUT2D eigenvalue weighted by Gasteiger charge is 2.23. The molecule has 0 N–H and O–H groups in total. The Labute approximate surface area is 101 Å². The van der Waals surface area contributed by atoms with E-state index < -0.39 is 5.97 Å². The summed E-state index contributed by atoms with van der Waals surface area (Å²) in [5.74, 6) is 0.506. The Morgan fingerprint density at radius 2 is 2.28 bits per heavy atom. The molecule has 18 heavy (non-hydrogen) atoms. The molecule has 92 valence electrons. The minimum atomic E-state index is -0.682. The van der Waals surface area contributed by atoms with Crippen LogP contribution in [0.4, 0.5) is 0 Å². The summed E-state index contributed by atoms with van der Waals surface area (Å²) in [6.45, 7) is 0.147. The zero-order chi connectivity index (χ0) is 12.5. The highest BCUT2D eigenvalue weighted by molar-refractivity contribution is 5.84. The van der Waals surface area contributed by atoms with E-state index in [0.717, 1.165) is 0 Å². The van der Waals surface area contributed by atoms with Gasteiger partial charge in [0.05, 0.1) is 12.7 Å². The molecule has 1 aliphatic rings. The lowest BCUT2D eigenvalue weighted by molar-refractivity contribution is 0.0545. The third-order valence-electron chi connectivity index (χ3n) is 2.42. The molecule has 2 heterocycles. The Bertz CT molecular complexity index is 607. The molecule has 1 aromatic heterocycles. The number of methoxy groups -OCH3 is 1. The summed E-state index contributed by atoms with van der Waals surface area (Å²) in [4.78, 5) is 15.2. The van der Waals surface area contributed by atoms with Crippen molar-refractivity contribution in [3.05, 3.63) is 24.1 Å². The van der Waals surface area contributed by atoms with Gasteiger partial charge in [-0.3, -0.25) is 0 Å². The predicted octanol–water partition coefficient (Wildman–Crippen LogP) is 1.25. The number of ether oxygens (including phenoxy) is 3. The first-order valence-electron chi connectivity index (χ1n) is 5.10.